The Morgan fingerprint density at radius 1 is 0.897 bits per heavy atom. The highest BCUT2D eigenvalue weighted by Gasteiger charge is 2.23. The summed E-state index contributed by atoms with van der Waals surface area (Å²) >= 11 is 8.53. The molecule has 0 saturated heterocycles. The first-order valence-corrected chi connectivity index (χ1v) is 12.8. The average Bonchev–Trinajstić information content (AvgIpc) is 2.75. The fraction of sp³-hybridized carbons (Fsp3) is 0.750. The molecule has 3 nitrogen and oxygen atoms in total. The lowest BCUT2D eigenvalue weighted by molar-refractivity contribution is 0.115. The molecule has 0 aliphatic heterocycles. The molecule has 1 aromatic rings. The Bertz CT molecular complexity index is 566. The molecular weight excluding hydrogens is 402 g/mol. The van der Waals surface area contributed by atoms with Gasteiger partial charge in [0.25, 0.3) is 0 Å². The van der Waals surface area contributed by atoms with Crippen molar-refractivity contribution in [3.8, 4) is 0 Å². The van der Waals surface area contributed by atoms with Crippen molar-refractivity contribution in [2.75, 3.05) is 13.2 Å². The Hall–Kier alpha value is -0.260. The van der Waals surface area contributed by atoms with Gasteiger partial charge in [-0.3, -0.25) is 0 Å². The predicted molar refractivity (Wildman–Crippen MR) is 126 cm³/mol. The Morgan fingerprint density at radius 3 is 1.90 bits per heavy atom. The van der Waals surface area contributed by atoms with E-state index < -0.39 is 5.54 Å². The highest BCUT2D eigenvalue weighted by atomic mass is 35.5. The maximum atomic E-state index is 9.37. The standard InChI is InChI=1S/C24H40ClNO2S/c25-23-17-22(14-13-20(23)15-16-24(26,18-27)19-28)29-21-11-9-7-5-3-1-2-4-6-8-10-12-21/h13-14,17,21,27-28H,1-12,15-16,18-19,26H2. The minimum absolute atomic E-state index is 0.225. The normalized spacial score (nSPS) is 18.6. The molecule has 1 fully saturated rings. The number of aliphatic hydroxyl groups is 2. The highest BCUT2D eigenvalue weighted by molar-refractivity contribution is 8.00. The minimum atomic E-state index is -0.941. The molecule has 0 unspecified atom stereocenters. The molecule has 29 heavy (non-hydrogen) atoms. The fourth-order valence-electron chi connectivity index (χ4n) is 4.01. The predicted octanol–water partition coefficient (Wildman–Crippen LogP) is 6.11. The van der Waals surface area contributed by atoms with Crippen molar-refractivity contribution >= 4 is 23.4 Å². The maximum absolute atomic E-state index is 9.37. The van der Waals surface area contributed by atoms with Crippen LogP contribution in [-0.2, 0) is 6.42 Å². The van der Waals surface area contributed by atoms with Gasteiger partial charge in [-0.05, 0) is 43.4 Å². The number of nitrogens with two attached hydrogens (primary N) is 1. The minimum Gasteiger partial charge on any atom is -0.394 e. The molecule has 1 aliphatic carbocycles. The summed E-state index contributed by atoms with van der Waals surface area (Å²) in [4.78, 5) is 1.25. The van der Waals surface area contributed by atoms with Gasteiger partial charge in [0, 0.05) is 15.2 Å². The number of aliphatic hydroxyl groups excluding tert-OH is 2. The van der Waals surface area contributed by atoms with Crippen LogP contribution in [0.3, 0.4) is 0 Å². The molecule has 0 spiro atoms. The summed E-state index contributed by atoms with van der Waals surface area (Å²) in [5, 5.41) is 20.2. The van der Waals surface area contributed by atoms with Crippen LogP contribution in [0.2, 0.25) is 5.02 Å². The second kappa shape index (κ2) is 13.9. The average molecular weight is 442 g/mol. The summed E-state index contributed by atoms with van der Waals surface area (Å²) in [6, 6.07) is 6.33. The second-order valence-electron chi connectivity index (χ2n) is 8.78. The number of hydrogen-bond donors (Lipinski definition) is 3. The Labute approximate surface area is 186 Å². The van der Waals surface area contributed by atoms with E-state index in [4.69, 9.17) is 17.3 Å². The first kappa shape index (κ1) is 25.0. The van der Waals surface area contributed by atoms with Gasteiger partial charge in [0.15, 0.2) is 0 Å². The molecule has 2 rings (SSSR count). The van der Waals surface area contributed by atoms with Crippen LogP contribution in [0.15, 0.2) is 23.1 Å². The van der Waals surface area contributed by atoms with Crippen LogP contribution < -0.4 is 5.73 Å². The molecule has 4 N–H and O–H groups in total. The van der Waals surface area contributed by atoms with Crippen molar-refractivity contribution < 1.29 is 10.2 Å². The summed E-state index contributed by atoms with van der Waals surface area (Å²) in [5.41, 5.74) is 6.07. The van der Waals surface area contributed by atoms with E-state index in [2.05, 4.69) is 18.2 Å². The van der Waals surface area contributed by atoms with E-state index in [-0.39, 0.29) is 13.2 Å². The quantitative estimate of drug-likeness (QED) is 0.477. The van der Waals surface area contributed by atoms with Crippen LogP contribution in [0.5, 0.6) is 0 Å². The first-order valence-electron chi connectivity index (χ1n) is 11.5. The number of aryl methyl sites for hydroxylation is 1. The third-order valence-corrected chi connectivity index (χ3v) is 7.83. The van der Waals surface area contributed by atoms with Crippen LogP contribution in [0.4, 0.5) is 0 Å². The highest BCUT2D eigenvalue weighted by Crippen LogP contribution is 2.34. The van der Waals surface area contributed by atoms with Crippen LogP contribution in [0.25, 0.3) is 0 Å². The summed E-state index contributed by atoms with van der Waals surface area (Å²) in [5.74, 6) is 0. The van der Waals surface area contributed by atoms with E-state index >= 15 is 0 Å². The summed E-state index contributed by atoms with van der Waals surface area (Å²) in [6.07, 6.45) is 17.6. The SMILES string of the molecule is NC(CO)(CO)CCc1ccc(SC2CCCCCCCCCCCC2)cc1Cl. The molecule has 0 amide bonds. The lowest BCUT2D eigenvalue weighted by Gasteiger charge is -2.24. The van der Waals surface area contributed by atoms with Gasteiger partial charge in [0.2, 0.25) is 0 Å². The van der Waals surface area contributed by atoms with Crippen molar-refractivity contribution in [2.45, 2.75) is 106 Å². The Balaban J connectivity index is 1.91. The van der Waals surface area contributed by atoms with E-state index in [1.165, 1.54) is 81.9 Å². The van der Waals surface area contributed by atoms with Crippen LogP contribution in [0.1, 0.15) is 89.0 Å². The largest absolute Gasteiger partial charge is 0.394 e. The van der Waals surface area contributed by atoms with Gasteiger partial charge in [-0.2, -0.15) is 0 Å². The van der Waals surface area contributed by atoms with Crippen molar-refractivity contribution in [3.05, 3.63) is 28.8 Å². The van der Waals surface area contributed by atoms with Gasteiger partial charge < -0.3 is 15.9 Å². The van der Waals surface area contributed by atoms with E-state index in [0.717, 1.165) is 10.6 Å². The van der Waals surface area contributed by atoms with Crippen molar-refractivity contribution in [2.24, 2.45) is 5.73 Å². The van der Waals surface area contributed by atoms with E-state index in [1.54, 1.807) is 0 Å². The van der Waals surface area contributed by atoms with Crippen molar-refractivity contribution in [1.29, 1.82) is 0 Å². The second-order valence-corrected chi connectivity index (χ2v) is 10.6. The topological polar surface area (TPSA) is 66.5 Å². The third kappa shape index (κ3) is 9.61. The fourth-order valence-corrected chi connectivity index (χ4v) is 5.63. The Morgan fingerprint density at radius 2 is 1.41 bits per heavy atom. The molecule has 166 valence electrons. The number of rotatable bonds is 7. The molecule has 0 aromatic heterocycles. The molecule has 1 aliphatic rings. The van der Waals surface area contributed by atoms with Gasteiger partial charge >= 0.3 is 0 Å². The van der Waals surface area contributed by atoms with Gasteiger partial charge in [-0.1, -0.05) is 81.9 Å². The van der Waals surface area contributed by atoms with E-state index in [1.807, 2.05) is 11.8 Å². The maximum Gasteiger partial charge on any atom is 0.0633 e. The molecule has 5 heteroatoms. The molecule has 1 aromatic carbocycles. The molecule has 0 radical (unpaired) electrons. The van der Waals surface area contributed by atoms with Crippen molar-refractivity contribution in [1.82, 2.24) is 0 Å². The van der Waals surface area contributed by atoms with Gasteiger partial charge in [0.1, 0.15) is 0 Å². The number of halogens is 1. The number of hydrogen-bond acceptors (Lipinski definition) is 4. The molecule has 0 bridgehead atoms. The number of benzene rings is 1. The zero-order valence-corrected chi connectivity index (χ0v) is 19.5. The summed E-state index contributed by atoms with van der Waals surface area (Å²) in [7, 11) is 0. The van der Waals surface area contributed by atoms with Gasteiger partial charge in [-0.25, -0.2) is 0 Å². The van der Waals surface area contributed by atoms with Gasteiger partial charge in [0.05, 0.1) is 18.8 Å². The first-order chi connectivity index (χ1) is 14.1. The molecule has 1 saturated carbocycles. The van der Waals surface area contributed by atoms with Crippen molar-refractivity contribution in [3.63, 3.8) is 0 Å². The van der Waals surface area contributed by atoms with Crippen LogP contribution in [-0.4, -0.2) is 34.2 Å². The zero-order chi connectivity index (χ0) is 21.0. The van der Waals surface area contributed by atoms with Gasteiger partial charge in [-0.15, -0.1) is 11.8 Å². The monoisotopic (exact) mass is 441 g/mol. The summed E-state index contributed by atoms with van der Waals surface area (Å²) in [6.45, 7) is -0.451. The molecule has 0 atom stereocenters. The third-order valence-electron chi connectivity index (χ3n) is 6.15. The Kier molecular flexibility index (Phi) is 12.0. The lowest BCUT2D eigenvalue weighted by atomic mass is 9.94. The zero-order valence-electron chi connectivity index (χ0n) is 17.9. The molecule has 0 heterocycles. The summed E-state index contributed by atoms with van der Waals surface area (Å²) < 4.78 is 0. The van der Waals surface area contributed by atoms with Crippen LogP contribution in [0, 0.1) is 0 Å². The lowest BCUT2D eigenvalue weighted by Crippen LogP contribution is -2.47. The molecular formula is C24H40ClNO2S. The van der Waals surface area contributed by atoms with Crippen LogP contribution >= 0.6 is 23.4 Å². The number of thioether (sulfide) groups is 1. The van der Waals surface area contributed by atoms with E-state index in [0.29, 0.717) is 18.1 Å². The van der Waals surface area contributed by atoms with E-state index in [9.17, 15) is 10.2 Å². The smallest absolute Gasteiger partial charge is 0.0633 e.